The van der Waals surface area contributed by atoms with Gasteiger partial charge < -0.3 is 10.2 Å². The largest absolute Gasteiger partial charge is 0.321 e. The van der Waals surface area contributed by atoms with Crippen molar-refractivity contribution in [2.75, 3.05) is 31.5 Å². The van der Waals surface area contributed by atoms with Gasteiger partial charge in [0.05, 0.1) is 0 Å². The molecule has 4 nitrogen and oxygen atoms in total. The quantitative estimate of drug-likeness (QED) is 0.907. The lowest BCUT2D eigenvalue weighted by Gasteiger charge is -2.46. The minimum absolute atomic E-state index is 0.0354. The minimum atomic E-state index is 0.0354. The first-order valence-electron chi connectivity index (χ1n) is 8.00. The standard InChI is InChI=1S/C17H25N3O/c1-13-8-14(2)10-15(9-13)18-17(21)20-11-16(12-20)19-6-4-3-5-7-19/h8-10,16H,3-7,11-12H2,1-2H3,(H,18,21). The number of hydrogen-bond acceptors (Lipinski definition) is 2. The molecule has 0 atom stereocenters. The molecule has 0 bridgehead atoms. The van der Waals surface area contributed by atoms with Crippen molar-refractivity contribution in [1.29, 1.82) is 0 Å². The summed E-state index contributed by atoms with van der Waals surface area (Å²) in [6.45, 7) is 8.26. The average Bonchev–Trinajstić information content (AvgIpc) is 2.36. The van der Waals surface area contributed by atoms with Crippen LogP contribution in [0.5, 0.6) is 0 Å². The van der Waals surface area contributed by atoms with Gasteiger partial charge >= 0.3 is 6.03 Å². The molecule has 0 spiro atoms. The van der Waals surface area contributed by atoms with Crippen LogP contribution in [0.4, 0.5) is 10.5 Å². The Labute approximate surface area is 127 Å². The molecule has 2 heterocycles. The highest BCUT2D eigenvalue weighted by Gasteiger charge is 2.35. The molecule has 114 valence electrons. The van der Waals surface area contributed by atoms with Crippen LogP contribution < -0.4 is 5.32 Å². The van der Waals surface area contributed by atoms with E-state index in [0.717, 1.165) is 18.8 Å². The molecule has 0 aromatic heterocycles. The maximum Gasteiger partial charge on any atom is 0.321 e. The maximum absolute atomic E-state index is 12.2. The first-order valence-corrected chi connectivity index (χ1v) is 8.00. The Bertz CT molecular complexity index is 497. The molecule has 2 fully saturated rings. The summed E-state index contributed by atoms with van der Waals surface area (Å²) in [5, 5.41) is 3.02. The summed E-state index contributed by atoms with van der Waals surface area (Å²) < 4.78 is 0. The second-order valence-electron chi connectivity index (χ2n) is 6.46. The molecular formula is C17H25N3O. The number of amides is 2. The number of benzene rings is 1. The molecular weight excluding hydrogens is 262 g/mol. The van der Waals surface area contributed by atoms with E-state index in [2.05, 4.69) is 30.1 Å². The number of rotatable bonds is 2. The summed E-state index contributed by atoms with van der Waals surface area (Å²) in [5.41, 5.74) is 3.26. The molecule has 21 heavy (non-hydrogen) atoms. The molecule has 2 amide bonds. The van der Waals surface area contributed by atoms with Crippen LogP contribution in [0.2, 0.25) is 0 Å². The summed E-state index contributed by atoms with van der Waals surface area (Å²) >= 11 is 0. The predicted molar refractivity (Wildman–Crippen MR) is 85.7 cm³/mol. The molecule has 0 aliphatic carbocycles. The van der Waals surface area contributed by atoms with Gasteiger partial charge in [0.15, 0.2) is 0 Å². The van der Waals surface area contributed by atoms with Gasteiger partial charge in [0.1, 0.15) is 0 Å². The molecule has 3 rings (SSSR count). The van der Waals surface area contributed by atoms with Crippen molar-refractivity contribution in [3.8, 4) is 0 Å². The van der Waals surface area contributed by atoms with Crippen LogP contribution in [0.1, 0.15) is 30.4 Å². The van der Waals surface area contributed by atoms with Gasteiger partial charge in [-0.3, -0.25) is 4.90 Å². The van der Waals surface area contributed by atoms with Crippen LogP contribution >= 0.6 is 0 Å². The van der Waals surface area contributed by atoms with E-state index >= 15 is 0 Å². The summed E-state index contributed by atoms with van der Waals surface area (Å²) in [4.78, 5) is 16.7. The normalized spacial score (nSPS) is 20.2. The van der Waals surface area contributed by atoms with Gasteiger partial charge in [-0.15, -0.1) is 0 Å². The number of nitrogens with one attached hydrogen (secondary N) is 1. The second kappa shape index (κ2) is 6.06. The van der Waals surface area contributed by atoms with E-state index in [1.807, 2.05) is 17.0 Å². The average molecular weight is 287 g/mol. The summed E-state index contributed by atoms with van der Waals surface area (Å²) in [7, 11) is 0. The van der Waals surface area contributed by atoms with Gasteiger partial charge in [-0.1, -0.05) is 12.5 Å². The summed E-state index contributed by atoms with van der Waals surface area (Å²) in [6.07, 6.45) is 3.98. The maximum atomic E-state index is 12.2. The number of hydrogen-bond donors (Lipinski definition) is 1. The Morgan fingerprint density at radius 3 is 2.29 bits per heavy atom. The number of anilines is 1. The van der Waals surface area contributed by atoms with Crippen molar-refractivity contribution in [2.24, 2.45) is 0 Å². The molecule has 0 unspecified atom stereocenters. The van der Waals surface area contributed by atoms with Crippen molar-refractivity contribution in [1.82, 2.24) is 9.80 Å². The van der Waals surface area contributed by atoms with E-state index in [9.17, 15) is 4.79 Å². The van der Waals surface area contributed by atoms with Crippen molar-refractivity contribution in [3.63, 3.8) is 0 Å². The van der Waals surface area contributed by atoms with Crippen LogP contribution in [0.25, 0.3) is 0 Å². The third kappa shape index (κ3) is 3.38. The number of nitrogens with zero attached hydrogens (tertiary/aromatic N) is 2. The van der Waals surface area contributed by atoms with E-state index in [1.54, 1.807) is 0 Å². The SMILES string of the molecule is Cc1cc(C)cc(NC(=O)N2CC(N3CCCCC3)C2)c1. The third-order valence-electron chi connectivity index (χ3n) is 4.53. The minimum Gasteiger partial charge on any atom is -0.321 e. The van der Waals surface area contributed by atoms with Gasteiger partial charge in [-0.05, 0) is 63.0 Å². The van der Waals surface area contributed by atoms with E-state index in [1.165, 1.54) is 43.5 Å². The summed E-state index contributed by atoms with van der Waals surface area (Å²) in [5.74, 6) is 0. The van der Waals surface area contributed by atoms with Gasteiger partial charge in [0.25, 0.3) is 0 Å². The van der Waals surface area contributed by atoms with Gasteiger partial charge in [-0.2, -0.15) is 0 Å². The number of aryl methyl sites for hydroxylation is 2. The lowest BCUT2D eigenvalue weighted by Crippen LogP contribution is -2.62. The number of carbonyl (C=O) groups excluding carboxylic acids is 1. The van der Waals surface area contributed by atoms with Gasteiger partial charge in [0, 0.05) is 24.8 Å². The molecule has 1 N–H and O–H groups in total. The first-order chi connectivity index (χ1) is 10.1. The molecule has 2 aliphatic rings. The van der Waals surface area contributed by atoms with Gasteiger partial charge in [-0.25, -0.2) is 4.79 Å². The molecule has 1 aromatic rings. The Kier molecular flexibility index (Phi) is 4.15. The highest BCUT2D eigenvalue weighted by atomic mass is 16.2. The molecule has 2 saturated heterocycles. The summed E-state index contributed by atoms with van der Waals surface area (Å²) in [6, 6.07) is 6.77. The number of piperidine rings is 1. The fourth-order valence-electron chi connectivity index (χ4n) is 3.38. The molecule has 2 aliphatic heterocycles. The molecule has 0 saturated carbocycles. The van der Waals surface area contributed by atoms with E-state index in [4.69, 9.17) is 0 Å². The molecule has 1 aromatic carbocycles. The number of likely N-dealkylation sites (tertiary alicyclic amines) is 2. The highest BCUT2D eigenvalue weighted by molar-refractivity contribution is 5.90. The molecule has 0 radical (unpaired) electrons. The topological polar surface area (TPSA) is 35.6 Å². The van der Waals surface area contributed by atoms with E-state index < -0.39 is 0 Å². The number of carbonyl (C=O) groups is 1. The zero-order valence-corrected chi connectivity index (χ0v) is 13.1. The fraction of sp³-hybridized carbons (Fsp3) is 0.588. The third-order valence-corrected chi connectivity index (χ3v) is 4.53. The van der Waals surface area contributed by atoms with Crippen molar-refractivity contribution in [3.05, 3.63) is 29.3 Å². The molecule has 4 heteroatoms. The smallest absolute Gasteiger partial charge is 0.321 e. The van der Waals surface area contributed by atoms with Crippen LogP contribution in [-0.4, -0.2) is 48.1 Å². The Hall–Kier alpha value is -1.55. The Morgan fingerprint density at radius 2 is 1.67 bits per heavy atom. The predicted octanol–water partition coefficient (Wildman–Crippen LogP) is 3.01. The van der Waals surface area contributed by atoms with Crippen molar-refractivity contribution < 1.29 is 4.79 Å². The van der Waals surface area contributed by atoms with Crippen molar-refractivity contribution in [2.45, 2.75) is 39.2 Å². The lowest BCUT2D eigenvalue weighted by atomic mass is 10.0. The number of urea groups is 1. The van der Waals surface area contributed by atoms with E-state index in [0.29, 0.717) is 6.04 Å². The van der Waals surface area contributed by atoms with E-state index in [-0.39, 0.29) is 6.03 Å². The zero-order valence-electron chi connectivity index (χ0n) is 13.1. The van der Waals surface area contributed by atoms with Crippen LogP contribution in [0.3, 0.4) is 0 Å². The lowest BCUT2D eigenvalue weighted by molar-refractivity contribution is 0.0493. The van der Waals surface area contributed by atoms with Gasteiger partial charge in [0.2, 0.25) is 0 Å². The fourth-order valence-corrected chi connectivity index (χ4v) is 3.38. The van der Waals surface area contributed by atoms with Crippen LogP contribution in [0, 0.1) is 13.8 Å². The highest BCUT2D eigenvalue weighted by Crippen LogP contribution is 2.21. The van der Waals surface area contributed by atoms with Crippen LogP contribution in [0.15, 0.2) is 18.2 Å². The zero-order chi connectivity index (χ0) is 14.8. The Balaban J connectivity index is 1.51. The Morgan fingerprint density at radius 1 is 1.05 bits per heavy atom. The monoisotopic (exact) mass is 287 g/mol. The second-order valence-corrected chi connectivity index (χ2v) is 6.46. The van der Waals surface area contributed by atoms with Crippen molar-refractivity contribution >= 4 is 11.7 Å². The van der Waals surface area contributed by atoms with Crippen LogP contribution in [-0.2, 0) is 0 Å². The first kappa shape index (κ1) is 14.4.